The Morgan fingerprint density at radius 1 is 1.38 bits per heavy atom. The molecule has 1 heterocycles. The van der Waals surface area contributed by atoms with Crippen LogP contribution in [0.4, 0.5) is 13.2 Å². The number of hydrogen-bond donors (Lipinski definition) is 0. The van der Waals surface area contributed by atoms with E-state index in [1.54, 1.807) is 6.07 Å². The van der Waals surface area contributed by atoms with Crippen molar-refractivity contribution in [1.82, 2.24) is 4.98 Å². The minimum atomic E-state index is -4.22. The number of rotatable bonds is 1. The molecule has 1 unspecified atom stereocenters. The Morgan fingerprint density at radius 2 is 2.00 bits per heavy atom. The third-order valence-electron chi connectivity index (χ3n) is 1.68. The van der Waals surface area contributed by atoms with Gasteiger partial charge in [-0.1, -0.05) is 0 Å². The van der Waals surface area contributed by atoms with E-state index in [1.807, 2.05) is 0 Å². The molecule has 0 saturated carbocycles. The molecule has 1 nitrogen and oxygen atoms in total. The van der Waals surface area contributed by atoms with Crippen molar-refractivity contribution in [2.45, 2.75) is 19.0 Å². The van der Waals surface area contributed by atoms with Gasteiger partial charge >= 0.3 is 6.18 Å². The summed E-state index contributed by atoms with van der Waals surface area (Å²) in [5.41, 5.74) is 0.0377. The lowest BCUT2D eigenvalue weighted by Gasteiger charge is -2.14. The van der Waals surface area contributed by atoms with Gasteiger partial charge in [0, 0.05) is 10.7 Å². The Balaban J connectivity index is 2.90. The topological polar surface area (TPSA) is 12.9 Å². The summed E-state index contributed by atoms with van der Waals surface area (Å²) in [5.74, 6) is -1.51. The zero-order valence-electron chi connectivity index (χ0n) is 6.77. The first kappa shape index (κ1) is 10.5. The number of aromatic nitrogens is 1. The lowest BCUT2D eigenvalue weighted by Crippen LogP contribution is -2.18. The number of hydrogen-bond acceptors (Lipinski definition) is 1. The fourth-order valence-corrected chi connectivity index (χ4v) is 1.05. The molecular weight excluding hydrogens is 247 g/mol. The van der Waals surface area contributed by atoms with Gasteiger partial charge in [-0.2, -0.15) is 13.2 Å². The van der Waals surface area contributed by atoms with E-state index in [0.29, 0.717) is 4.47 Å². The van der Waals surface area contributed by atoms with E-state index in [1.165, 1.54) is 12.3 Å². The Kier molecular flexibility index (Phi) is 2.95. The number of pyridine rings is 1. The van der Waals surface area contributed by atoms with Crippen LogP contribution in [0.15, 0.2) is 22.8 Å². The number of halogens is 4. The average Bonchev–Trinajstić information content (AvgIpc) is 2.03. The van der Waals surface area contributed by atoms with Crippen molar-refractivity contribution in [2.75, 3.05) is 0 Å². The standard InChI is InChI=1S/C8H7BrF3N/c1-5(8(10,11)12)7-3-2-6(9)4-13-7/h2-5H,1H3. The molecule has 5 heteroatoms. The maximum Gasteiger partial charge on any atom is 0.396 e. The molecule has 1 aromatic rings. The van der Waals surface area contributed by atoms with Crippen molar-refractivity contribution in [2.24, 2.45) is 0 Å². The van der Waals surface area contributed by atoms with E-state index in [4.69, 9.17) is 0 Å². The maximum absolute atomic E-state index is 12.2. The Bertz CT molecular complexity index is 280. The van der Waals surface area contributed by atoms with Crippen LogP contribution in [-0.2, 0) is 0 Å². The molecule has 13 heavy (non-hydrogen) atoms. The molecule has 1 aromatic heterocycles. The van der Waals surface area contributed by atoms with Crippen LogP contribution in [0.3, 0.4) is 0 Å². The molecule has 0 aliphatic rings. The Hall–Kier alpha value is -0.580. The first-order chi connectivity index (χ1) is 5.91. The van der Waals surface area contributed by atoms with Gasteiger partial charge in [-0.15, -0.1) is 0 Å². The minimum absolute atomic E-state index is 0.0377. The van der Waals surface area contributed by atoms with Crippen molar-refractivity contribution in [3.63, 3.8) is 0 Å². The number of nitrogens with zero attached hydrogens (tertiary/aromatic N) is 1. The molecule has 0 aliphatic heterocycles. The molecular formula is C8H7BrF3N. The minimum Gasteiger partial charge on any atom is -0.259 e. The molecule has 0 bridgehead atoms. The van der Waals surface area contributed by atoms with Crippen molar-refractivity contribution >= 4 is 15.9 Å². The lowest BCUT2D eigenvalue weighted by molar-refractivity contribution is -0.147. The highest BCUT2D eigenvalue weighted by molar-refractivity contribution is 9.10. The third kappa shape index (κ3) is 2.69. The molecule has 72 valence electrons. The average molecular weight is 254 g/mol. The van der Waals surface area contributed by atoms with Crippen LogP contribution >= 0.6 is 15.9 Å². The monoisotopic (exact) mass is 253 g/mol. The van der Waals surface area contributed by atoms with E-state index in [9.17, 15) is 13.2 Å². The van der Waals surface area contributed by atoms with Gasteiger partial charge in [-0.3, -0.25) is 4.98 Å². The Labute approximate surface area is 82.1 Å². The van der Waals surface area contributed by atoms with Crippen molar-refractivity contribution < 1.29 is 13.2 Å². The van der Waals surface area contributed by atoms with Gasteiger partial charge in [-0.05, 0) is 35.0 Å². The van der Waals surface area contributed by atoms with E-state index < -0.39 is 12.1 Å². The van der Waals surface area contributed by atoms with Crippen LogP contribution in [0.25, 0.3) is 0 Å². The smallest absolute Gasteiger partial charge is 0.259 e. The van der Waals surface area contributed by atoms with Crippen molar-refractivity contribution in [3.05, 3.63) is 28.5 Å². The first-order valence-electron chi connectivity index (χ1n) is 3.59. The number of alkyl halides is 3. The fraction of sp³-hybridized carbons (Fsp3) is 0.375. The molecule has 1 atom stereocenters. The zero-order chi connectivity index (χ0) is 10.1. The normalized spacial score (nSPS) is 14.2. The van der Waals surface area contributed by atoms with Crippen LogP contribution in [0.2, 0.25) is 0 Å². The second kappa shape index (κ2) is 3.65. The highest BCUT2D eigenvalue weighted by Crippen LogP contribution is 2.33. The second-order valence-corrected chi connectivity index (χ2v) is 3.58. The SMILES string of the molecule is CC(c1ccc(Br)cn1)C(F)(F)F. The molecule has 0 radical (unpaired) electrons. The first-order valence-corrected chi connectivity index (χ1v) is 4.38. The fourth-order valence-electron chi connectivity index (χ4n) is 0.811. The van der Waals surface area contributed by atoms with E-state index >= 15 is 0 Å². The van der Waals surface area contributed by atoms with Gasteiger partial charge in [0.25, 0.3) is 0 Å². The molecule has 0 fully saturated rings. The van der Waals surface area contributed by atoms with Gasteiger partial charge in [0.2, 0.25) is 0 Å². The molecule has 0 saturated heterocycles. The van der Waals surface area contributed by atoms with E-state index in [-0.39, 0.29) is 5.69 Å². The van der Waals surface area contributed by atoms with Crippen molar-refractivity contribution in [1.29, 1.82) is 0 Å². The molecule has 0 spiro atoms. The molecule has 0 N–H and O–H groups in total. The van der Waals surface area contributed by atoms with Gasteiger partial charge < -0.3 is 0 Å². The van der Waals surface area contributed by atoms with Gasteiger partial charge in [0.15, 0.2) is 0 Å². The zero-order valence-corrected chi connectivity index (χ0v) is 8.35. The van der Waals surface area contributed by atoms with E-state index in [2.05, 4.69) is 20.9 Å². The summed E-state index contributed by atoms with van der Waals surface area (Å²) in [4.78, 5) is 3.68. The van der Waals surface area contributed by atoms with Crippen LogP contribution < -0.4 is 0 Å². The summed E-state index contributed by atoms with van der Waals surface area (Å²) in [6, 6.07) is 2.91. The summed E-state index contributed by atoms with van der Waals surface area (Å²) in [5, 5.41) is 0. The predicted octanol–water partition coefficient (Wildman–Crippen LogP) is 3.51. The van der Waals surface area contributed by atoms with Gasteiger partial charge in [0.1, 0.15) is 0 Å². The highest BCUT2D eigenvalue weighted by Gasteiger charge is 2.37. The molecule has 0 aromatic carbocycles. The lowest BCUT2D eigenvalue weighted by atomic mass is 10.1. The van der Waals surface area contributed by atoms with Crippen molar-refractivity contribution in [3.8, 4) is 0 Å². The van der Waals surface area contributed by atoms with Crippen LogP contribution in [0.5, 0.6) is 0 Å². The summed E-state index contributed by atoms with van der Waals surface area (Å²) in [7, 11) is 0. The maximum atomic E-state index is 12.2. The predicted molar refractivity (Wildman–Crippen MR) is 46.4 cm³/mol. The third-order valence-corrected chi connectivity index (χ3v) is 2.15. The summed E-state index contributed by atoms with van der Waals surface area (Å²) in [6.07, 6.45) is -2.86. The Morgan fingerprint density at radius 3 is 2.38 bits per heavy atom. The van der Waals surface area contributed by atoms with Crippen LogP contribution in [0.1, 0.15) is 18.5 Å². The molecule has 0 aliphatic carbocycles. The van der Waals surface area contributed by atoms with Crippen LogP contribution in [0, 0.1) is 0 Å². The quantitative estimate of drug-likeness (QED) is 0.747. The summed E-state index contributed by atoms with van der Waals surface area (Å²) in [6.45, 7) is 1.09. The van der Waals surface area contributed by atoms with Gasteiger partial charge in [0.05, 0.1) is 11.6 Å². The highest BCUT2D eigenvalue weighted by atomic mass is 79.9. The molecule has 0 amide bonds. The second-order valence-electron chi connectivity index (χ2n) is 2.66. The van der Waals surface area contributed by atoms with E-state index in [0.717, 1.165) is 6.92 Å². The summed E-state index contributed by atoms with van der Waals surface area (Å²) < 4.78 is 37.2. The van der Waals surface area contributed by atoms with Gasteiger partial charge in [-0.25, -0.2) is 0 Å². The largest absolute Gasteiger partial charge is 0.396 e. The molecule has 1 rings (SSSR count). The summed E-state index contributed by atoms with van der Waals surface area (Å²) >= 11 is 3.10. The van der Waals surface area contributed by atoms with Crippen LogP contribution in [-0.4, -0.2) is 11.2 Å².